The van der Waals surface area contributed by atoms with Gasteiger partial charge in [0.15, 0.2) is 0 Å². The first-order valence-electron chi connectivity index (χ1n) is 10.0. The second-order valence-corrected chi connectivity index (χ2v) is 9.78. The standard InChI is InChI=1S/C23H32N2O3S/c1-6-22(25(29(5,27)28)20-14-10-11-18(4)16-20)23(26)24-21(15-17(2)3)19-12-8-7-9-13-19/h7-14,16-17,21-22H,6,15H2,1-5H3,(H,24,26)/t21-,22+/m0/s1. The van der Waals surface area contributed by atoms with Crippen LogP contribution in [0.15, 0.2) is 54.6 Å². The number of nitrogens with one attached hydrogen (secondary N) is 1. The van der Waals surface area contributed by atoms with E-state index in [0.717, 1.165) is 23.8 Å². The summed E-state index contributed by atoms with van der Waals surface area (Å²) in [5.74, 6) is 0.0947. The molecule has 0 saturated carbocycles. The molecule has 0 unspecified atom stereocenters. The Kier molecular flexibility index (Phi) is 7.85. The van der Waals surface area contributed by atoms with Gasteiger partial charge in [-0.15, -0.1) is 0 Å². The maximum atomic E-state index is 13.3. The normalized spacial score (nSPS) is 13.7. The highest BCUT2D eigenvalue weighted by Gasteiger charge is 2.32. The second-order valence-electron chi connectivity index (χ2n) is 7.92. The smallest absolute Gasteiger partial charge is 0.244 e. The van der Waals surface area contributed by atoms with Crippen LogP contribution < -0.4 is 9.62 Å². The van der Waals surface area contributed by atoms with E-state index in [1.165, 1.54) is 4.31 Å². The number of carbonyl (C=O) groups excluding carboxylic acids is 1. The van der Waals surface area contributed by atoms with Crippen molar-refractivity contribution in [3.05, 3.63) is 65.7 Å². The summed E-state index contributed by atoms with van der Waals surface area (Å²) < 4.78 is 26.5. The molecule has 6 heteroatoms. The van der Waals surface area contributed by atoms with Crippen molar-refractivity contribution in [2.45, 2.75) is 52.6 Å². The molecule has 0 fully saturated rings. The second kappa shape index (κ2) is 9.92. The maximum absolute atomic E-state index is 13.3. The summed E-state index contributed by atoms with van der Waals surface area (Å²) in [6, 6.07) is 16.1. The number of benzene rings is 2. The molecule has 0 aliphatic carbocycles. The van der Waals surface area contributed by atoms with E-state index in [9.17, 15) is 13.2 Å². The minimum atomic E-state index is -3.64. The highest BCUT2D eigenvalue weighted by molar-refractivity contribution is 7.92. The Labute approximate surface area is 175 Å². The van der Waals surface area contributed by atoms with Gasteiger partial charge in [-0.2, -0.15) is 0 Å². The Bertz CT molecular complexity index is 911. The Hall–Kier alpha value is -2.34. The van der Waals surface area contributed by atoms with Gasteiger partial charge < -0.3 is 5.32 Å². The summed E-state index contributed by atoms with van der Waals surface area (Å²) >= 11 is 0. The predicted octanol–water partition coefficient (Wildman–Crippen LogP) is 4.44. The first-order valence-corrected chi connectivity index (χ1v) is 11.9. The van der Waals surface area contributed by atoms with Gasteiger partial charge in [0, 0.05) is 0 Å². The number of rotatable bonds is 9. The number of sulfonamides is 1. The topological polar surface area (TPSA) is 66.5 Å². The molecule has 2 atom stereocenters. The van der Waals surface area contributed by atoms with Crippen molar-refractivity contribution in [3.63, 3.8) is 0 Å². The summed E-state index contributed by atoms with van der Waals surface area (Å²) in [6.07, 6.45) is 2.29. The predicted molar refractivity (Wildman–Crippen MR) is 119 cm³/mol. The number of aryl methyl sites for hydroxylation is 1. The van der Waals surface area contributed by atoms with Crippen LogP contribution in [-0.2, 0) is 14.8 Å². The van der Waals surface area contributed by atoms with E-state index in [0.29, 0.717) is 18.0 Å². The van der Waals surface area contributed by atoms with E-state index in [1.54, 1.807) is 18.2 Å². The van der Waals surface area contributed by atoms with E-state index in [1.807, 2.05) is 50.2 Å². The fraction of sp³-hybridized carbons (Fsp3) is 0.435. The summed E-state index contributed by atoms with van der Waals surface area (Å²) in [7, 11) is -3.64. The Morgan fingerprint density at radius 1 is 1.07 bits per heavy atom. The molecule has 2 aromatic rings. The van der Waals surface area contributed by atoms with E-state index in [4.69, 9.17) is 0 Å². The van der Waals surface area contributed by atoms with Gasteiger partial charge in [0.2, 0.25) is 15.9 Å². The fourth-order valence-corrected chi connectivity index (χ4v) is 4.73. The third-order valence-electron chi connectivity index (χ3n) is 4.81. The van der Waals surface area contributed by atoms with Gasteiger partial charge in [-0.1, -0.05) is 63.2 Å². The van der Waals surface area contributed by atoms with Crippen LogP contribution in [0.25, 0.3) is 0 Å². The summed E-state index contributed by atoms with van der Waals surface area (Å²) in [6.45, 7) is 7.95. The van der Waals surface area contributed by atoms with Crippen LogP contribution in [-0.4, -0.2) is 26.6 Å². The third kappa shape index (κ3) is 6.32. The van der Waals surface area contributed by atoms with E-state index in [-0.39, 0.29) is 11.9 Å². The minimum absolute atomic E-state index is 0.170. The lowest BCUT2D eigenvalue weighted by molar-refractivity contribution is -0.123. The van der Waals surface area contributed by atoms with Crippen molar-refractivity contribution < 1.29 is 13.2 Å². The molecule has 29 heavy (non-hydrogen) atoms. The molecule has 2 rings (SSSR count). The minimum Gasteiger partial charge on any atom is -0.347 e. The zero-order valence-corrected chi connectivity index (χ0v) is 18.7. The molecule has 0 spiro atoms. The van der Waals surface area contributed by atoms with Crippen LogP contribution in [0.3, 0.4) is 0 Å². The van der Waals surface area contributed by atoms with Gasteiger partial charge in [-0.25, -0.2) is 8.42 Å². The number of hydrogen-bond donors (Lipinski definition) is 1. The summed E-state index contributed by atoms with van der Waals surface area (Å²) in [4.78, 5) is 13.3. The molecule has 0 aromatic heterocycles. The highest BCUT2D eigenvalue weighted by atomic mass is 32.2. The van der Waals surface area contributed by atoms with E-state index < -0.39 is 16.1 Å². The Balaban J connectivity index is 2.37. The molecule has 0 aliphatic rings. The van der Waals surface area contributed by atoms with Gasteiger partial charge in [-0.3, -0.25) is 9.10 Å². The number of nitrogens with zero attached hydrogens (tertiary/aromatic N) is 1. The Morgan fingerprint density at radius 3 is 2.24 bits per heavy atom. The average molecular weight is 417 g/mol. The first kappa shape index (κ1) is 22.9. The molecule has 5 nitrogen and oxygen atoms in total. The zero-order valence-electron chi connectivity index (χ0n) is 17.9. The van der Waals surface area contributed by atoms with Crippen LogP contribution in [0.2, 0.25) is 0 Å². The van der Waals surface area contributed by atoms with Crippen molar-refractivity contribution in [1.29, 1.82) is 0 Å². The number of anilines is 1. The van der Waals surface area contributed by atoms with Crippen LogP contribution in [0, 0.1) is 12.8 Å². The molecule has 1 amide bonds. The molecule has 2 aromatic carbocycles. The largest absolute Gasteiger partial charge is 0.347 e. The van der Waals surface area contributed by atoms with Crippen molar-refractivity contribution in [2.75, 3.05) is 10.6 Å². The average Bonchev–Trinajstić information content (AvgIpc) is 2.64. The van der Waals surface area contributed by atoms with Crippen LogP contribution in [0.5, 0.6) is 0 Å². The van der Waals surface area contributed by atoms with Crippen LogP contribution >= 0.6 is 0 Å². The van der Waals surface area contributed by atoms with E-state index in [2.05, 4.69) is 19.2 Å². The van der Waals surface area contributed by atoms with Crippen molar-refractivity contribution in [3.8, 4) is 0 Å². The fourth-order valence-electron chi connectivity index (χ4n) is 3.53. The lowest BCUT2D eigenvalue weighted by Crippen LogP contribution is -2.50. The summed E-state index contributed by atoms with van der Waals surface area (Å²) in [5, 5.41) is 3.11. The molecule has 158 valence electrons. The number of amides is 1. The lowest BCUT2D eigenvalue weighted by atomic mass is 9.96. The molecule has 0 aliphatic heterocycles. The first-order chi connectivity index (χ1) is 13.6. The molecule has 1 N–H and O–H groups in total. The molecule has 0 saturated heterocycles. The molecular weight excluding hydrogens is 384 g/mol. The highest BCUT2D eigenvalue weighted by Crippen LogP contribution is 2.26. The molecule has 0 radical (unpaired) electrons. The van der Waals surface area contributed by atoms with Crippen LogP contribution in [0.1, 0.15) is 50.8 Å². The van der Waals surface area contributed by atoms with Gasteiger partial charge in [0.1, 0.15) is 6.04 Å². The van der Waals surface area contributed by atoms with Crippen molar-refractivity contribution in [1.82, 2.24) is 5.32 Å². The number of hydrogen-bond acceptors (Lipinski definition) is 3. The van der Waals surface area contributed by atoms with Crippen molar-refractivity contribution >= 4 is 21.6 Å². The molecular formula is C23H32N2O3S. The van der Waals surface area contributed by atoms with E-state index >= 15 is 0 Å². The van der Waals surface area contributed by atoms with Gasteiger partial charge >= 0.3 is 0 Å². The lowest BCUT2D eigenvalue weighted by Gasteiger charge is -2.32. The van der Waals surface area contributed by atoms with Gasteiger partial charge in [0.25, 0.3) is 0 Å². The maximum Gasteiger partial charge on any atom is 0.244 e. The van der Waals surface area contributed by atoms with Crippen LogP contribution in [0.4, 0.5) is 5.69 Å². The van der Waals surface area contributed by atoms with Crippen molar-refractivity contribution in [2.24, 2.45) is 5.92 Å². The summed E-state index contributed by atoms with van der Waals surface area (Å²) in [5.41, 5.74) is 2.47. The molecule has 0 heterocycles. The Morgan fingerprint density at radius 2 is 1.72 bits per heavy atom. The monoisotopic (exact) mass is 416 g/mol. The van der Waals surface area contributed by atoms with Gasteiger partial charge in [-0.05, 0) is 48.9 Å². The third-order valence-corrected chi connectivity index (χ3v) is 5.99. The van der Waals surface area contributed by atoms with Gasteiger partial charge in [0.05, 0.1) is 18.0 Å². The number of carbonyl (C=O) groups is 1. The SMILES string of the molecule is CC[C@H](C(=O)N[C@@H](CC(C)C)c1ccccc1)N(c1cccc(C)c1)S(C)(=O)=O. The quantitative estimate of drug-likeness (QED) is 0.657. The molecule has 0 bridgehead atoms. The zero-order chi connectivity index (χ0) is 21.6.